The van der Waals surface area contributed by atoms with Gasteiger partial charge >= 0.3 is 0 Å². The van der Waals surface area contributed by atoms with Crippen LogP contribution in [0.5, 0.6) is 0 Å². The monoisotopic (exact) mass is 412 g/mol. The van der Waals surface area contributed by atoms with Crippen molar-refractivity contribution in [3.05, 3.63) is 83.8 Å². The third-order valence-corrected chi connectivity index (χ3v) is 5.83. The van der Waals surface area contributed by atoms with Crippen molar-refractivity contribution < 1.29 is 17.6 Å². The van der Waals surface area contributed by atoms with Gasteiger partial charge in [-0.3, -0.25) is 4.79 Å². The van der Waals surface area contributed by atoms with E-state index in [0.717, 1.165) is 5.56 Å². The molecule has 1 amide bonds. The molecule has 0 aliphatic carbocycles. The summed E-state index contributed by atoms with van der Waals surface area (Å²) in [7, 11) is -3.78. The molecule has 0 unspecified atom stereocenters. The number of furan rings is 1. The van der Waals surface area contributed by atoms with E-state index in [9.17, 15) is 13.2 Å². The van der Waals surface area contributed by atoms with Crippen LogP contribution < -0.4 is 10.0 Å². The van der Waals surface area contributed by atoms with Gasteiger partial charge in [0.2, 0.25) is 10.0 Å². The average molecular weight is 413 g/mol. The summed E-state index contributed by atoms with van der Waals surface area (Å²) < 4.78 is 32.6. The first-order chi connectivity index (χ1) is 13.6. The second kappa shape index (κ2) is 8.23. The summed E-state index contributed by atoms with van der Waals surface area (Å²) in [6, 6.07) is 16.9. The molecule has 0 radical (unpaired) electrons. The van der Waals surface area contributed by atoms with Crippen LogP contribution in [-0.4, -0.2) is 14.3 Å². The second-order valence-corrected chi connectivity index (χ2v) is 9.48. The third kappa shape index (κ3) is 5.34. The minimum absolute atomic E-state index is 0.0137. The van der Waals surface area contributed by atoms with Crippen LogP contribution in [0.2, 0.25) is 0 Å². The summed E-state index contributed by atoms with van der Waals surface area (Å²) in [5.74, 6) is 0.123. The van der Waals surface area contributed by atoms with Crippen LogP contribution in [0.15, 0.2) is 76.2 Å². The third-order valence-electron chi connectivity index (χ3n) is 4.43. The van der Waals surface area contributed by atoms with Gasteiger partial charge < -0.3 is 9.73 Å². The molecule has 3 rings (SSSR count). The van der Waals surface area contributed by atoms with E-state index in [1.165, 1.54) is 18.4 Å². The lowest BCUT2D eigenvalue weighted by Crippen LogP contribution is -2.23. The molecule has 7 heteroatoms. The van der Waals surface area contributed by atoms with Crippen molar-refractivity contribution in [2.75, 3.05) is 5.32 Å². The van der Waals surface area contributed by atoms with Crippen LogP contribution in [0.1, 0.15) is 42.5 Å². The topological polar surface area (TPSA) is 88.4 Å². The Hall–Kier alpha value is -2.90. The standard InChI is InChI=1S/C22H24N2O4S/c1-22(2,3)17-9-11-18(12-10-17)24-21(25)16-6-4-8-20(14-16)29(26,27)23-15-19-7-5-13-28-19/h4-14,23H,15H2,1-3H3,(H,24,25). The highest BCUT2D eigenvalue weighted by Crippen LogP contribution is 2.24. The van der Waals surface area contributed by atoms with Crippen molar-refractivity contribution in [2.24, 2.45) is 0 Å². The Bertz CT molecular complexity index is 1080. The maximum absolute atomic E-state index is 12.6. The van der Waals surface area contributed by atoms with Gasteiger partial charge in [0.15, 0.2) is 0 Å². The molecule has 0 saturated carbocycles. The fourth-order valence-electron chi connectivity index (χ4n) is 2.72. The molecule has 29 heavy (non-hydrogen) atoms. The van der Waals surface area contributed by atoms with Crippen LogP contribution in [0, 0.1) is 0 Å². The summed E-state index contributed by atoms with van der Waals surface area (Å²) in [5, 5.41) is 2.80. The first-order valence-electron chi connectivity index (χ1n) is 9.19. The van der Waals surface area contributed by atoms with E-state index in [1.54, 1.807) is 24.3 Å². The van der Waals surface area contributed by atoms with Crippen molar-refractivity contribution in [3.63, 3.8) is 0 Å². The Labute approximate surface area is 171 Å². The Kier molecular flexibility index (Phi) is 5.91. The highest BCUT2D eigenvalue weighted by atomic mass is 32.2. The zero-order valence-electron chi connectivity index (χ0n) is 16.6. The van der Waals surface area contributed by atoms with Crippen LogP contribution in [0.3, 0.4) is 0 Å². The van der Waals surface area contributed by atoms with Gasteiger partial charge in [0, 0.05) is 11.3 Å². The van der Waals surface area contributed by atoms with Gasteiger partial charge in [0.1, 0.15) is 5.76 Å². The van der Waals surface area contributed by atoms with Gasteiger partial charge in [0.25, 0.3) is 5.91 Å². The second-order valence-electron chi connectivity index (χ2n) is 7.71. The molecule has 0 bridgehead atoms. The zero-order valence-corrected chi connectivity index (χ0v) is 17.4. The number of anilines is 1. The van der Waals surface area contributed by atoms with E-state index in [1.807, 2.05) is 24.3 Å². The molecule has 2 aromatic carbocycles. The number of benzene rings is 2. The molecule has 0 fully saturated rings. The predicted molar refractivity (Wildman–Crippen MR) is 112 cm³/mol. The summed E-state index contributed by atoms with van der Waals surface area (Å²) in [6.45, 7) is 6.39. The smallest absolute Gasteiger partial charge is 0.255 e. The molecule has 152 valence electrons. The number of carbonyl (C=O) groups excluding carboxylic acids is 1. The van der Waals surface area contributed by atoms with Crippen molar-refractivity contribution >= 4 is 21.6 Å². The fraction of sp³-hybridized carbons (Fsp3) is 0.227. The quantitative estimate of drug-likeness (QED) is 0.631. The molecule has 0 saturated heterocycles. The van der Waals surface area contributed by atoms with Crippen LogP contribution in [0.25, 0.3) is 0 Å². The fourth-order valence-corrected chi connectivity index (χ4v) is 3.76. The van der Waals surface area contributed by atoms with Gasteiger partial charge in [-0.15, -0.1) is 0 Å². The summed E-state index contributed by atoms with van der Waals surface area (Å²) in [4.78, 5) is 12.6. The number of hydrogen-bond acceptors (Lipinski definition) is 4. The molecule has 2 N–H and O–H groups in total. The van der Waals surface area contributed by atoms with Gasteiger partial charge in [-0.1, -0.05) is 39.0 Å². The molecule has 0 aliphatic rings. The first-order valence-corrected chi connectivity index (χ1v) is 10.7. The van der Waals surface area contributed by atoms with Gasteiger partial charge in [-0.2, -0.15) is 0 Å². The molecule has 6 nitrogen and oxygen atoms in total. The lowest BCUT2D eigenvalue weighted by Gasteiger charge is -2.19. The molecule has 0 aliphatic heterocycles. The van der Waals surface area contributed by atoms with Crippen LogP contribution in [-0.2, 0) is 22.0 Å². The van der Waals surface area contributed by atoms with Crippen molar-refractivity contribution in [2.45, 2.75) is 37.6 Å². The number of hydrogen-bond donors (Lipinski definition) is 2. The molecular weight excluding hydrogens is 388 g/mol. The predicted octanol–water partition coefficient (Wildman–Crippen LogP) is 4.31. The van der Waals surface area contributed by atoms with E-state index in [4.69, 9.17) is 4.42 Å². The lowest BCUT2D eigenvalue weighted by molar-refractivity contribution is 0.102. The summed E-state index contributed by atoms with van der Waals surface area (Å²) in [5.41, 5.74) is 2.08. The van der Waals surface area contributed by atoms with Gasteiger partial charge in [0.05, 0.1) is 17.7 Å². The van der Waals surface area contributed by atoms with Crippen molar-refractivity contribution in [1.82, 2.24) is 4.72 Å². The SMILES string of the molecule is CC(C)(C)c1ccc(NC(=O)c2cccc(S(=O)(=O)NCc3ccco3)c2)cc1. The van der Waals surface area contributed by atoms with E-state index in [0.29, 0.717) is 11.4 Å². The molecule has 0 atom stereocenters. The number of amides is 1. The maximum Gasteiger partial charge on any atom is 0.255 e. The molecule has 3 aromatic rings. The average Bonchev–Trinajstić information content (AvgIpc) is 3.20. The molecule has 1 aromatic heterocycles. The normalized spacial score (nSPS) is 12.0. The highest BCUT2D eigenvalue weighted by molar-refractivity contribution is 7.89. The Morgan fingerprint density at radius 1 is 1.00 bits per heavy atom. The molecular formula is C22H24N2O4S. The van der Waals surface area contributed by atoms with E-state index < -0.39 is 10.0 Å². The number of nitrogens with one attached hydrogen (secondary N) is 2. The molecule has 0 spiro atoms. The Morgan fingerprint density at radius 2 is 1.72 bits per heavy atom. The van der Waals surface area contributed by atoms with E-state index in [-0.39, 0.29) is 28.3 Å². The Balaban J connectivity index is 1.72. The van der Waals surface area contributed by atoms with E-state index in [2.05, 4.69) is 30.8 Å². The van der Waals surface area contributed by atoms with Crippen molar-refractivity contribution in [3.8, 4) is 0 Å². The van der Waals surface area contributed by atoms with Crippen molar-refractivity contribution in [1.29, 1.82) is 0 Å². The Morgan fingerprint density at radius 3 is 2.34 bits per heavy atom. The zero-order chi connectivity index (χ0) is 21.1. The summed E-state index contributed by atoms with van der Waals surface area (Å²) >= 11 is 0. The van der Waals surface area contributed by atoms with Crippen LogP contribution in [0.4, 0.5) is 5.69 Å². The largest absolute Gasteiger partial charge is 0.468 e. The number of carbonyl (C=O) groups is 1. The highest BCUT2D eigenvalue weighted by Gasteiger charge is 2.17. The lowest BCUT2D eigenvalue weighted by atomic mass is 9.87. The minimum Gasteiger partial charge on any atom is -0.468 e. The summed E-state index contributed by atoms with van der Waals surface area (Å²) in [6.07, 6.45) is 1.47. The number of rotatable bonds is 6. The minimum atomic E-state index is -3.78. The number of sulfonamides is 1. The van der Waals surface area contributed by atoms with Gasteiger partial charge in [-0.05, 0) is 53.4 Å². The maximum atomic E-state index is 12.6. The first kappa shape index (κ1) is 20.8. The van der Waals surface area contributed by atoms with Crippen LogP contribution >= 0.6 is 0 Å². The molecule has 1 heterocycles. The van der Waals surface area contributed by atoms with Gasteiger partial charge in [-0.25, -0.2) is 13.1 Å². The van der Waals surface area contributed by atoms with E-state index >= 15 is 0 Å².